The van der Waals surface area contributed by atoms with E-state index in [9.17, 15) is 0 Å². The quantitative estimate of drug-likeness (QED) is 0.775. The van der Waals surface area contributed by atoms with E-state index in [1.54, 1.807) is 0 Å². The van der Waals surface area contributed by atoms with Gasteiger partial charge in [-0.05, 0) is 13.3 Å². The number of hydrogen-bond acceptors (Lipinski definition) is 4. The minimum absolute atomic E-state index is 0.532. The average molecular weight is 194 g/mol. The van der Waals surface area contributed by atoms with Gasteiger partial charge < -0.3 is 10.6 Å². The molecule has 0 amide bonds. The van der Waals surface area contributed by atoms with Gasteiger partial charge in [-0.3, -0.25) is 0 Å². The highest BCUT2D eigenvalue weighted by Crippen LogP contribution is 2.12. The fourth-order valence-corrected chi connectivity index (χ4v) is 1.32. The molecule has 1 heterocycles. The molecule has 0 bridgehead atoms. The van der Waals surface area contributed by atoms with Crippen LogP contribution in [-0.4, -0.2) is 23.1 Å². The first kappa shape index (κ1) is 10.8. The standard InChI is InChI=1S/C10H18N4/c1-3-5-6-14(4-2)10-7-9(11)12-8-13-10/h7-8H,3-6H2,1-2H3,(H2,11,12,13). The number of nitrogens with zero attached hydrogens (tertiary/aromatic N) is 3. The number of unbranched alkanes of at least 4 members (excludes halogenated alkanes) is 1. The van der Waals surface area contributed by atoms with Crippen LogP contribution in [0.5, 0.6) is 0 Å². The van der Waals surface area contributed by atoms with E-state index in [0.29, 0.717) is 5.82 Å². The third-order valence-corrected chi connectivity index (χ3v) is 2.16. The summed E-state index contributed by atoms with van der Waals surface area (Å²) in [5.74, 6) is 1.46. The van der Waals surface area contributed by atoms with Crippen molar-refractivity contribution in [3.05, 3.63) is 12.4 Å². The van der Waals surface area contributed by atoms with Gasteiger partial charge in [0.2, 0.25) is 0 Å². The SMILES string of the molecule is CCCCN(CC)c1cc(N)ncn1. The summed E-state index contributed by atoms with van der Waals surface area (Å²) in [6, 6.07) is 1.82. The number of nitrogens with two attached hydrogens (primary N) is 1. The first-order valence-corrected chi connectivity index (χ1v) is 5.10. The number of anilines is 2. The van der Waals surface area contributed by atoms with Crippen molar-refractivity contribution in [3.8, 4) is 0 Å². The Balaban J connectivity index is 2.68. The van der Waals surface area contributed by atoms with E-state index in [1.807, 2.05) is 6.07 Å². The number of aromatic nitrogens is 2. The molecular formula is C10H18N4. The lowest BCUT2D eigenvalue weighted by atomic mass is 10.3. The van der Waals surface area contributed by atoms with Crippen molar-refractivity contribution in [1.82, 2.24) is 9.97 Å². The van der Waals surface area contributed by atoms with Crippen LogP contribution in [0.15, 0.2) is 12.4 Å². The predicted octanol–water partition coefficient (Wildman–Crippen LogP) is 1.69. The highest BCUT2D eigenvalue weighted by Gasteiger charge is 2.04. The van der Waals surface area contributed by atoms with E-state index in [2.05, 4.69) is 28.7 Å². The summed E-state index contributed by atoms with van der Waals surface area (Å²) in [6.45, 7) is 6.29. The van der Waals surface area contributed by atoms with Gasteiger partial charge in [0, 0.05) is 19.2 Å². The molecule has 0 saturated carbocycles. The summed E-state index contributed by atoms with van der Waals surface area (Å²) >= 11 is 0. The molecule has 1 aromatic rings. The van der Waals surface area contributed by atoms with Gasteiger partial charge in [0.1, 0.15) is 18.0 Å². The van der Waals surface area contributed by atoms with Crippen molar-refractivity contribution in [2.24, 2.45) is 0 Å². The second-order valence-corrected chi connectivity index (χ2v) is 3.23. The zero-order chi connectivity index (χ0) is 10.4. The molecule has 1 rings (SSSR count). The summed E-state index contributed by atoms with van der Waals surface area (Å²) in [7, 11) is 0. The van der Waals surface area contributed by atoms with Gasteiger partial charge >= 0.3 is 0 Å². The van der Waals surface area contributed by atoms with Gasteiger partial charge in [0.05, 0.1) is 0 Å². The molecule has 0 aliphatic heterocycles. The smallest absolute Gasteiger partial charge is 0.134 e. The van der Waals surface area contributed by atoms with Crippen LogP contribution in [-0.2, 0) is 0 Å². The molecule has 0 aliphatic carbocycles. The molecule has 4 nitrogen and oxygen atoms in total. The molecule has 0 aromatic carbocycles. The highest BCUT2D eigenvalue weighted by molar-refractivity contribution is 5.45. The molecule has 1 aromatic heterocycles. The molecule has 0 saturated heterocycles. The Labute approximate surface area is 85.2 Å². The zero-order valence-electron chi connectivity index (χ0n) is 8.90. The van der Waals surface area contributed by atoms with Crippen LogP contribution in [0.4, 0.5) is 11.6 Å². The predicted molar refractivity (Wildman–Crippen MR) is 59.2 cm³/mol. The molecule has 0 fully saturated rings. The van der Waals surface area contributed by atoms with E-state index >= 15 is 0 Å². The minimum Gasteiger partial charge on any atom is -0.384 e. The first-order chi connectivity index (χ1) is 6.77. The Hall–Kier alpha value is -1.32. The van der Waals surface area contributed by atoms with E-state index < -0.39 is 0 Å². The minimum atomic E-state index is 0.532. The van der Waals surface area contributed by atoms with Crippen LogP contribution in [0.25, 0.3) is 0 Å². The van der Waals surface area contributed by atoms with Crippen LogP contribution >= 0.6 is 0 Å². The van der Waals surface area contributed by atoms with Crippen molar-refractivity contribution < 1.29 is 0 Å². The van der Waals surface area contributed by atoms with Gasteiger partial charge in [-0.1, -0.05) is 13.3 Å². The fourth-order valence-electron chi connectivity index (χ4n) is 1.32. The lowest BCUT2D eigenvalue weighted by molar-refractivity contribution is 0.723. The maximum atomic E-state index is 5.60. The lowest BCUT2D eigenvalue weighted by Gasteiger charge is -2.21. The van der Waals surface area contributed by atoms with Crippen LogP contribution < -0.4 is 10.6 Å². The molecule has 0 atom stereocenters. The lowest BCUT2D eigenvalue weighted by Crippen LogP contribution is -2.24. The summed E-state index contributed by atoms with van der Waals surface area (Å²) < 4.78 is 0. The summed E-state index contributed by atoms with van der Waals surface area (Å²) in [5.41, 5.74) is 5.60. The molecule has 0 aliphatic rings. The summed E-state index contributed by atoms with van der Waals surface area (Å²) in [6.07, 6.45) is 3.88. The van der Waals surface area contributed by atoms with Gasteiger partial charge in [-0.2, -0.15) is 0 Å². The largest absolute Gasteiger partial charge is 0.384 e. The van der Waals surface area contributed by atoms with Crippen LogP contribution in [0.1, 0.15) is 26.7 Å². The second-order valence-electron chi connectivity index (χ2n) is 3.23. The normalized spacial score (nSPS) is 10.1. The number of hydrogen-bond donors (Lipinski definition) is 1. The fraction of sp³-hybridized carbons (Fsp3) is 0.600. The summed E-state index contributed by atoms with van der Waals surface area (Å²) in [5, 5.41) is 0. The molecule has 0 spiro atoms. The highest BCUT2D eigenvalue weighted by atomic mass is 15.2. The molecule has 14 heavy (non-hydrogen) atoms. The Bertz CT molecular complexity index is 275. The maximum absolute atomic E-state index is 5.60. The molecule has 0 unspecified atom stereocenters. The molecule has 0 radical (unpaired) electrons. The number of nitrogen functional groups attached to an aromatic ring is 1. The Kier molecular flexibility index (Phi) is 4.16. The van der Waals surface area contributed by atoms with E-state index in [-0.39, 0.29) is 0 Å². The van der Waals surface area contributed by atoms with Gasteiger partial charge in [0.15, 0.2) is 0 Å². The number of rotatable bonds is 5. The maximum Gasteiger partial charge on any atom is 0.134 e. The van der Waals surface area contributed by atoms with Crippen LogP contribution in [0.2, 0.25) is 0 Å². The van der Waals surface area contributed by atoms with Crippen molar-refractivity contribution >= 4 is 11.6 Å². The van der Waals surface area contributed by atoms with Gasteiger partial charge in [0.25, 0.3) is 0 Å². The Morgan fingerprint density at radius 2 is 2.14 bits per heavy atom. The monoisotopic (exact) mass is 194 g/mol. The van der Waals surface area contributed by atoms with Gasteiger partial charge in [-0.25, -0.2) is 9.97 Å². The molecule has 78 valence electrons. The zero-order valence-corrected chi connectivity index (χ0v) is 8.90. The van der Waals surface area contributed by atoms with Crippen molar-refractivity contribution in [2.45, 2.75) is 26.7 Å². The van der Waals surface area contributed by atoms with Gasteiger partial charge in [-0.15, -0.1) is 0 Å². The average Bonchev–Trinajstić information content (AvgIpc) is 2.19. The third-order valence-electron chi connectivity index (χ3n) is 2.16. The first-order valence-electron chi connectivity index (χ1n) is 5.10. The molecular weight excluding hydrogens is 176 g/mol. The van der Waals surface area contributed by atoms with Crippen LogP contribution in [0.3, 0.4) is 0 Å². The topological polar surface area (TPSA) is 55.0 Å². The van der Waals surface area contributed by atoms with Crippen LogP contribution in [0, 0.1) is 0 Å². The second kappa shape index (κ2) is 5.42. The Morgan fingerprint density at radius 1 is 1.36 bits per heavy atom. The third kappa shape index (κ3) is 2.87. The summed E-state index contributed by atoms with van der Waals surface area (Å²) in [4.78, 5) is 10.3. The van der Waals surface area contributed by atoms with E-state index in [0.717, 1.165) is 18.9 Å². The molecule has 2 N–H and O–H groups in total. The van der Waals surface area contributed by atoms with E-state index in [4.69, 9.17) is 5.73 Å². The Morgan fingerprint density at radius 3 is 2.71 bits per heavy atom. The molecule has 4 heteroatoms. The van der Waals surface area contributed by atoms with Crippen molar-refractivity contribution in [2.75, 3.05) is 23.7 Å². The van der Waals surface area contributed by atoms with Crippen molar-refractivity contribution in [1.29, 1.82) is 0 Å². The van der Waals surface area contributed by atoms with E-state index in [1.165, 1.54) is 19.2 Å². The van der Waals surface area contributed by atoms with Crippen molar-refractivity contribution in [3.63, 3.8) is 0 Å².